The Hall–Kier alpha value is -4.15. The topological polar surface area (TPSA) is 103 Å². The Morgan fingerprint density at radius 1 is 0.854 bits per heavy atom. The average Bonchev–Trinajstić information content (AvgIpc) is 3.34. The molecule has 0 bridgehead atoms. The SMILES string of the molecule is CCOc1ccc(N2CC=C[C@@]3(C)O[C@]45C=CCN(c6ccc(N(CC)CC)cc6)C(=O)C4N([C@@H](CO)C(C)C)C(=O)[C@@H]5[C@H]3C2=O)cc1. The number of anilines is 3. The lowest BCUT2D eigenvalue weighted by Gasteiger charge is -2.41. The highest BCUT2D eigenvalue weighted by Crippen LogP contribution is 2.58. The van der Waals surface area contributed by atoms with Gasteiger partial charge in [-0.3, -0.25) is 14.4 Å². The van der Waals surface area contributed by atoms with Crippen molar-refractivity contribution in [3.63, 3.8) is 0 Å². The monoisotopic (exact) mass is 656 g/mol. The van der Waals surface area contributed by atoms with Crippen molar-refractivity contribution in [2.45, 2.75) is 64.8 Å². The molecule has 6 atom stereocenters. The van der Waals surface area contributed by atoms with Gasteiger partial charge < -0.3 is 34.2 Å². The summed E-state index contributed by atoms with van der Waals surface area (Å²) in [4.78, 5) is 51.6. The Labute approximate surface area is 283 Å². The molecule has 2 aromatic carbocycles. The van der Waals surface area contributed by atoms with Crippen LogP contribution in [-0.4, -0.2) is 90.4 Å². The smallest absolute Gasteiger partial charge is 0.253 e. The predicted octanol–water partition coefficient (Wildman–Crippen LogP) is 4.43. The minimum atomic E-state index is -1.42. The van der Waals surface area contributed by atoms with Crippen LogP contribution in [0.25, 0.3) is 0 Å². The maximum atomic E-state index is 14.9. The molecule has 1 unspecified atom stereocenters. The summed E-state index contributed by atoms with van der Waals surface area (Å²) in [5, 5.41) is 10.6. The molecule has 2 saturated heterocycles. The highest BCUT2D eigenvalue weighted by molar-refractivity contribution is 6.07. The molecule has 10 nitrogen and oxygen atoms in total. The van der Waals surface area contributed by atoms with Crippen molar-refractivity contribution in [2.75, 3.05) is 54.1 Å². The van der Waals surface area contributed by atoms with Gasteiger partial charge >= 0.3 is 0 Å². The minimum absolute atomic E-state index is 0.159. The molecule has 0 aromatic heterocycles. The van der Waals surface area contributed by atoms with Crippen LogP contribution in [-0.2, 0) is 19.1 Å². The minimum Gasteiger partial charge on any atom is -0.494 e. The number of aliphatic hydroxyl groups excluding tert-OH is 1. The molecule has 1 N–H and O–H groups in total. The van der Waals surface area contributed by atoms with E-state index in [2.05, 4.69) is 18.7 Å². The zero-order valence-corrected chi connectivity index (χ0v) is 28.8. The molecule has 10 heteroatoms. The van der Waals surface area contributed by atoms with Crippen molar-refractivity contribution in [3.05, 3.63) is 72.8 Å². The molecule has 3 amide bonds. The van der Waals surface area contributed by atoms with E-state index in [0.29, 0.717) is 30.3 Å². The standard InChI is InChI=1S/C38H48N4O6/c1-7-39(8-2)26-12-14-27(15-13-26)41-23-11-21-38-32(35(45)42(33(38)36(41)46)30(24-43)25(4)5)31-34(44)40(22-10-20-37(31,6)48-38)28-16-18-29(19-17-28)47-9-3/h10-21,25,30-33,43H,7-9,22-24H2,1-6H3/t30-,31-,32-,33?,37+,38-/m0/s1. The van der Waals surface area contributed by atoms with Crippen LogP contribution in [0.15, 0.2) is 72.8 Å². The van der Waals surface area contributed by atoms with Gasteiger partial charge in [-0.2, -0.15) is 0 Å². The van der Waals surface area contributed by atoms with Gasteiger partial charge in [-0.25, -0.2) is 0 Å². The van der Waals surface area contributed by atoms with Crippen LogP contribution in [0.4, 0.5) is 17.1 Å². The lowest BCUT2D eigenvalue weighted by atomic mass is 9.74. The number of carbonyl (C=O) groups is 3. The fourth-order valence-corrected chi connectivity index (χ4v) is 8.22. The van der Waals surface area contributed by atoms with Crippen LogP contribution in [0.1, 0.15) is 41.5 Å². The number of benzene rings is 2. The number of nitrogens with zero attached hydrogens (tertiary/aromatic N) is 4. The Kier molecular flexibility index (Phi) is 9.17. The Bertz CT molecular complexity index is 1590. The van der Waals surface area contributed by atoms with Crippen LogP contribution in [0.2, 0.25) is 0 Å². The van der Waals surface area contributed by atoms with Gasteiger partial charge in [0.2, 0.25) is 11.8 Å². The van der Waals surface area contributed by atoms with Crippen molar-refractivity contribution in [1.82, 2.24) is 4.90 Å². The number of amides is 3. The maximum absolute atomic E-state index is 14.9. The van der Waals surface area contributed by atoms with Gasteiger partial charge in [0.15, 0.2) is 0 Å². The molecule has 1 spiro atoms. The van der Waals surface area contributed by atoms with Crippen molar-refractivity contribution in [1.29, 1.82) is 0 Å². The number of likely N-dealkylation sites (tertiary alicyclic amines) is 1. The molecule has 4 heterocycles. The lowest BCUT2D eigenvalue weighted by Crippen LogP contribution is -2.59. The second-order valence-electron chi connectivity index (χ2n) is 13.6. The fourth-order valence-electron chi connectivity index (χ4n) is 8.22. The van der Waals surface area contributed by atoms with E-state index in [0.717, 1.165) is 18.8 Å². The zero-order valence-electron chi connectivity index (χ0n) is 28.8. The van der Waals surface area contributed by atoms with Gasteiger partial charge in [0.1, 0.15) is 17.4 Å². The summed E-state index contributed by atoms with van der Waals surface area (Å²) in [5.41, 5.74) is -0.132. The Morgan fingerprint density at radius 3 is 2.00 bits per heavy atom. The van der Waals surface area contributed by atoms with Gasteiger partial charge in [0, 0.05) is 43.2 Å². The molecular weight excluding hydrogens is 608 g/mol. The molecule has 4 aliphatic rings. The van der Waals surface area contributed by atoms with Crippen LogP contribution >= 0.6 is 0 Å². The normalized spacial score (nSPS) is 28.7. The van der Waals surface area contributed by atoms with Gasteiger partial charge in [-0.05, 0) is 82.1 Å². The third-order valence-corrected chi connectivity index (χ3v) is 10.6. The zero-order chi connectivity index (χ0) is 34.4. The van der Waals surface area contributed by atoms with E-state index in [1.165, 1.54) is 4.90 Å². The van der Waals surface area contributed by atoms with E-state index >= 15 is 0 Å². The van der Waals surface area contributed by atoms with Crippen LogP contribution in [0.5, 0.6) is 5.75 Å². The number of fused-ring (bicyclic) bond motifs is 2. The van der Waals surface area contributed by atoms with E-state index in [9.17, 15) is 19.5 Å². The first-order valence-corrected chi connectivity index (χ1v) is 17.2. The number of carbonyl (C=O) groups excluding carboxylic acids is 3. The predicted molar refractivity (Wildman–Crippen MR) is 186 cm³/mol. The number of aliphatic hydroxyl groups is 1. The summed E-state index contributed by atoms with van der Waals surface area (Å²) in [5.74, 6) is -2.25. The van der Waals surface area contributed by atoms with Crippen molar-refractivity contribution >= 4 is 34.8 Å². The largest absolute Gasteiger partial charge is 0.494 e. The molecule has 0 saturated carbocycles. The first-order chi connectivity index (χ1) is 23.0. The van der Waals surface area contributed by atoms with E-state index in [-0.39, 0.29) is 36.8 Å². The van der Waals surface area contributed by atoms with Gasteiger partial charge in [0.05, 0.1) is 36.7 Å². The Morgan fingerprint density at radius 2 is 1.44 bits per heavy atom. The van der Waals surface area contributed by atoms with E-state index < -0.39 is 35.1 Å². The first-order valence-electron chi connectivity index (χ1n) is 17.2. The molecule has 2 fully saturated rings. The molecule has 0 aliphatic carbocycles. The average molecular weight is 657 g/mol. The van der Waals surface area contributed by atoms with E-state index in [4.69, 9.17) is 9.47 Å². The molecule has 4 aliphatic heterocycles. The van der Waals surface area contributed by atoms with Crippen LogP contribution in [0, 0.1) is 17.8 Å². The fraction of sp³-hybridized carbons (Fsp3) is 0.500. The third-order valence-electron chi connectivity index (χ3n) is 10.6. The number of hydrogen-bond acceptors (Lipinski definition) is 7. The summed E-state index contributed by atoms with van der Waals surface area (Å²) >= 11 is 0. The Balaban J connectivity index is 1.43. The van der Waals surface area contributed by atoms with E-state index in [1.54, 1.807) is 9.80 Å². The number of hydrogen-bond donors (Lipinski definition) is 1. The summed E-state index contributed by atoms with van der Waals surface area (Å²) < 4.78 is 12.6. The summed E-state index contributed by atoms with van der Waals surface area (Å²) in [6.45, 7) is 14.3. The number of ether oxygens (including phenoxy) is 2. The summed E-state index contributed by atoms with van der Waals surface area (Å²) in [6.07, 6.45) is 7.51. The molecule has 48 heavy (non-hydrogen) atoms. The van der Waals surface area contributed by atoms with Gasteiger partial charge in [-0.1, -0.05) is 38.2 Å². The molecular formula is C38H48N4O6. The van der Waals surface area contributed by atoms with Gasteiger partial charge in [-0.15, -0.1) is 0 Å². The highest BCUT2D eigenvalue weighted by atomic mass is 16.5. The molecule has 2 aromatic rings. The molecule has 256 valence electrons. The molecule has 0 radical (unpaired) electrons. The highest BCUT2D eigenvalue weighted by Gasteiger charge is 2.75. The molecule has 6 rings (SSSR count). The maximum Gasteiger partial charge on any atom is 0.253 e. The second-order valence-corrected chi connectivity index (χ2v) is 13.6. The second kappa shape index (κ2) is 13.0. The first kappa shape index (κ1) is 33.7. The van der Waals surface area contributed by atoms with Crippen molar-refractivity contribution in [2.24, 2.45) is 17.8 Å². The quantitative estimate of drug-likeness (QED) is 0.378. The van der Waals surface area contributed by atoms with Crippen molar-refractivity contribution < 1.29 is 29.0 Å². The van der Waals surface area contributed by atoms with E-state index in [1.807, 2.05) is 101 Å². The third kappa shape index (κ3) is 5.29. The van der Waals surface area contributed by atoms with Crippen molar-refractivity contribution in [3.8, 4) is 5.75 Å². The lowest BCUT2D eigenvalue weighted by molar-refractivity contribution is -0.149. The van der Waals surface area contributed by atoms with Gasteiger partial charge in [0.25, 0.3) is 5.91 Å². The van der Waals surface area contributed by atoms with Crippen LogP contribution < -0.4 is 19.4 Å². The number of rotatable bonds is 10. The van der Waals surface area contributed by atoms with Crippen LogP contribution in [0.3, 0.4) is 0 Å². The summed E-state index contributed by atoms with van der Waals surface area (Å²) in [6, 6.07) is 13.5. The summed E-state index contributed by atoms with van der Waals surface area (Å²) in [7, 11) is 0.